The Labute approximate surface area is 93.7 Å². The van der Waals surface area contributed by atoms with Gasteiger partial charge in [-0.2, -0.15) is 0 Å². The maximum absolute atomic E-state index is 13.2. The van der Waals surface area contributed by atoms with Crippen molar-refractivity contribution in [3.05, 3.63) is 35.4 Å². The van der Waals surface area contributed by atoms with Gasteiger partial charge in [0, 0.05) is 19.4 Å². The summed E-state index contributed by atoms with van der Waals surface area (Å²) in [4.78, 5) is 11.4. The minimum Gasteiger partial charge on any atom is -0.317 e. The highest BCUT2D eigenvalue weighted by Crippen LogP contribution is 2.12. The molecule has 0 aliphatic heterocycles. The van der Waals surface area contributed by atoms with E-state index in [1.165, 1.54) is 12.1 Å². The molecule has 0 spiro atoms. The molecule has 0 saturated carbocycles. The number of carbonyl (C=O) groups excluding carboxylic acids is 1. The van der Waals surface area contributed by atoms with Gasteiger partial charge in [-0.15, -0.1) is 0 Å². The summed E-state index contributed by atoms with van der Waals surface area (Å²) in [6.45, 7) is 3.31. The lowest BCUT2D eigenvalue weighted by atomic mass is 10.1. The molecule has 0 aliphatic carbocycles. The number of carbonyl (C=O) groups is 1. The molecule has 0 heterocycles. The molecule has 0 aromatic heterocycles. The fourth-order valence-corrected chi connectivity index (χ4v) is 1.39. The lowest BCUT2D eigenvalue weighted by Crippen LogP contribution is -2.18. The third-order valence-electron chi connectivity index (χ3n) is 2.25. The smallest absolute Gasteiger partial charge is 0.162 e. The number of benzene rings is 1. The predicted octanol–water partition coefficient (Wildman–Crippen LogP) is 2.08. The maximum Gasteiger partial charge on any atom is 0.162 e. The van der Waals surface area contributed by atoms with Gasteiger partial charge < -0.3 is 5.32 Å². The first kappa shape index (κ1) is 12.8. The summed E-state index contributed by atoms with van der Waals surface area (Å²) < 4.78 is 26.0. The Morgan fingerprint density at radius 1 is 1.38 bits per heavy atom. The fourth-order valence-electron chi connectivity index (χ4n) is 1.39. The maximum atomic E-state index is 13.2. The molecule has 16 heavy (non-hydrogen) atoms. The van der Waals surface area contributed by atoms with Crippen LogP contribution in [0.3, 0.4) is 0 Å². The second kappa shape index (κ2) is 6.33. The van der Waals surface area contributed by atoms with Gasteiger partial charge in [-0.05, 0) is 18.2 Å². The van der Waals surface area contributed by atoms with Crippen LogP contribution >= 0.6 is 0 Å². The molecular formula is C12H15F2NO. The van der Waals surface area contributed by atoms with Crippen LogP contribution < -0.4 is 5.32 Å². The summed E-state index contributed by atoms with van der Waals surface area (Å²) in [5.41, 5.74) is 0.126. The van der Waals surface area contributed by atoms with E-state index >= 15 is 0 Å². The van der Waals surface area contributed by atoms with E-state index in [0.717, 1.165) is 12.6 Å². The van der Waals surface area contributed by atoms with Crippen molar-refractivity contribution in [2.24, 2.45) is 0 Å². The van der Waals surface area contributed by atoms with Gasteiger partial charge in [0.2, 0.25) is 0 Å². The molecule has 0 fully saturated rings. The van der Waals surface area contributed by atoms with Gasteiger partial charge in [0.25, 0.3) is 0 Å². The first-order chi connectivity index (χ1) is 7.65. The molecule has 2 nitrogen and oxygen atoms in total. The average molecular weight is 227 g/mol. The van der Waals surface area contributed by atoms with Crippen LogP contribution in [0.4, 0.5) is 8.78 Å². The van der Waals surface area contributed by atoms with Gasteiger partial charge in [0.15, 0.2) is 11.6 Å². The number of hydrogen-bond donors (Lipinski definition) is 1. The summed E-state index contributed by atoms with van der Waals surface area (Å²) in [6, 6.07) is 3.89. The van der Waals surface area contributed by atoms with Crippen LogP contribution in [0.1, 0.15) is 18.9 Å². The Morgan fingerprint density at radius 2 is 2.12 bits per heavy atom. The van der Waals surface area contributed by atoms with Crippen molar-refractivity contribution < 1.29 is 13.6 Å². The molecular weight excluding hydrogens is 212 g/mol. The summed E-state index contributed by atoms with van der Waals surface area (Å²) in [7, 11) is 0. The molecule has 0 bridgehead atoms. The van der Waals surface area contributed by atoms with Gasteiger partial charge in [-0.1, -0.05) is 19.1 Å². The molecule has 0 saturated heterocycles. The van der Waals surface area contributed by atoms with Crippen molar-refractivity contribution in [2.45, 2.75) is 19.8 Å². The van der Waals surface area contributed by atoms with Crippen LogP contribution in [0.25, 0.3) is 0 Å². The van der Waals surface area contributed by atoms with Crippen LogP contribution in [0.5, 0.6) is 0 Å². The quantitative estimate of drug-likeness (QED) is 0.754. The van der Waals surface area contributed by atoms with Crippen molar-refractivity contribution in [3.8, 4) is 0 Å². The summed E-state index contributed by atoms with van der Waals surface area (Å²) >= 11 is 0. The largest absolute Gasteiger partial charge is 0.317 e. The first-order valence-electron chi connectivity index (χ1n) is 5.30. The van der Waals surface area contributed by atoms with Crippen molar-refractivity contribution >= 4 is 5.78 Å². The van der Waals surface area contributed by atoms with Gasteiger partial charge in [-0.3, -0.25) is 4.79 Å². The molecule has 1 N–H and O–H groups in total. The van der Waals surface area contributed by atoms with E-state index in [9.17, 15) is 13.6 Å². The number of rotatable bonds is 6. The zero-order valence-electron chi connectivity index (χ0n) is 9.22. The number of nitrogens with one attached hydrogen (secondary N) is 1. The Morgan fingerprint density at radius 3 is 2.81 bits per heavy atom. The third kappa shape index (κ3) is 3.70. The number of ketones is 1. The van der Waals surface area contributed by atoms with Crippen LogP contribution in [0.15, 0.2) is 18.2 Å². The van der Waals surface area contributed by atoms with Crippen molar-refractivity contribution in [3.63, 3.8) is 0 Å². The highest BCUT2D eigenvalue weighted by atomic mass is 19.2. The SMILES string of the molecule is CCNCCC(=O)Cc1cccc(F)c1F. The average Bonchev–Trinajstić information content (AvgIpc) is 2.25. The van der Waals surface area contributed by atoms with Crippen LogP contribution in [0, 0.1) is 11.6 Å². The molecule has 4 heteroatoms. The third-order valence-corrected chi connectivity index (χ3v) is 2.25. The van der Waals surface area contributed by atoms with Gasteiger partial charge in [-0.25, -0.2) is 8.78 Å². The lowest BCUT2D eigenvalue weighted by molar-refractivity contribution is -0.118. The molecule has 0 radical (unpaired) electrons. The zero-order valence-corrected chi connectivity index (χ0v) is 9.22. The molecule has 1 aromatic rings. The molecule has 0 aliphatic rings. The van der Waals surface area contributed by atoms with Crippen LogP contribution in [-0.4, -0.2) is 18.9 Å². The second-order valence-electron chi connectivity index (χ2n) is 3.53. The van der Waals surface area contributed by atoms with E-state index < -0.39 is 11.6 Å². The highest BCUT2D eigenvalue weighted by Gasteiger charge is 2.11. The topological polar surface area (TPSA) is 29.1 Å². The minimum absolute atomic E-state index is 0.0466. The second-order valence-corrected chi connectivity index (χ2v) is 3.53. The molecule has 1 rings (SSSR count). The van der Waals surface area contributed by atoms with Crippen molar-refractivity contribution in [2.75, 3.05) is 13.1 Å². The van der Waals surface area contributed by atoms with E-state index in [0.29, 0.717) is 13.0 Å². The van der Waals surface area contributed by atoms with Crippen LogP contribution in [-0.2, 0) is 11.2 Å². The van der Waals surface area contributed by atoms with Crippen molar-refractivity contribution in [1.29, 1.82) is 0 Å². The zero-order chi connectivity index (χ0) is 12.0. The summed E-state index contributed by atoms with van der Waals surface area (Å²) in [6.07, 6.45) is 0.290. The fraction of sp³-hybridized carbons (Fsp3) is 0.417. The molecule has 0 atom stereocenters. The molecule has 88 valence electrons. The number of hydrogen-bond acceptors (Lipinski definition) is 2. The standard InChI is InChI=1S/C12H15F2NO/c1-2-15-7-6-10(16)8-9-4-3-5-11(13)12(9)14/h3-5,15H,2,6-8H2,1H3. The minimum atomic E-state index is -0.917. The van der Waals surface area contributed by atoms with Crippen molar-refractivity contribution in [1.82, 2.24) is 5.32 Å². The molecule has 0 amide bonds. The van der Waals surface area contributed by atoms with E-state index in [-0.39, 0.29) is 17.8 Å². The van der Waals surface area contributed by atoms with Crippen LogP contribution in [0.2, 0.25) is 0 Å². The van der Waals surface area contributed by atoms with E-state index in [2.05, 4.69) is 5.32 Å². The van der Waals surface area contributed by atoms with E-state index in [1.807, 2.05) is 6.92 Å². The Hall–Kier alpha value is -1.29. The van der Waals surface area contributed by atoms with E-state index in [1.54, 1.807) is 0 Å². The van der Waals surface area contributed by atoms with E-state index in [4.69, 9.17) is 0 Å². The normalized spacial score (nSPS) is 10.4. The van der Waals surface area contributed by atoms with Gasteiger partial charge >= 0.3 is 0 Å². The Kier molecular flexibility index (Phi) is 5.05. The summed E-state index contributed by atoms with van der Waals surface area (Å²) in [5.74, 6) is -1.92. The monoisotopic (exact) mass is 227 g/mol. The molecule has 1 aromatic carbocycles. The first-order valence-corrected chi connectivity index (χ1v) is 5.30. The number of halogens is 2. The summed E-state index contributed by atoms with van der Waals surface area (Å²) in [5, 5.41) is 3.00. The Bertz CT molecular complexity index is 366. The highest BCUT2D eigenvalue weighted by molar-refractivity contribution is 5.81. The predicted molar refractivity (Wildman–Crippen MR) is 58.2 cm³/mol. The number of Topliss-reactive ketones (excluding diaryl/α,β-unsaturated/α-hetero) is 1. The van der Waals surface area contributed by atoms with Gasteiger partial charge in [0.1, 0.15) is 5.78 Å². The lowest BCUT2D eigenvalue weighted by Gasteiger charge is -2.04. The van der Waals surface area contributed by atoms with Gasteiger partial charge in [0.05, 0.1) is 0 Å². The Balaban J connectivity index is 2.53. The molecule has 0 unspecified atom stereocenters.